The van der Waals surface area contributed by atoms with Crippen LogP contribution in [0, 0.1) is 11.8 Å². The molecule has 4 amide bonds. The summed E-state index contributed by atoms with van der Waals surface area (Å²) < 4.78 is 43.4. The fraction of sp³-hybridized carbons (Fsp3) is 0.879. The van der Waals surface area contributed by atoms with Crippen molar-refractivity contribution in [3.8, 4) is 0 Å². The largest absolute Gasteiger partial charge is 0.695 e. The van der Waals surface area contributed by atoms with Gasteiger partial charge < -0.3 is 55.5 Å². The summed E-state index contributed by atoms with van der Waals surface area (Å²) in [5, 5.41) is 37.6. The lowest BCUT2D eigenvalue weighted by Gasteiger charge is -2.51. The summed E-state index contributed by atoms with van der Waals surface area (Å²) in [7, 11) is -3.09. The highest BCUT2D eigenvalue weighted by Gasteiger charge is 2.53. The Morgan fingerprint density at radius 2 is 1.54 bits per heavy atom. The molecular weight excluding hydrogens is 735 g/mol. The molecule has 0 aromatic carbocycles. The van der Waals surface area contributed by atoms with E-state index < -0.39 is 62.4 Å². The summed E-state index contributed by atoms with van der Waals surface area (Å²) in [6.45, 7) is 10.7. The van der Waals surface area contributed by atoms with Crippen LogP contribution in [0.4, 0.5) is 4.79 Å². The van der Waals surface area contributed by atoms with E-state index in [4.69, 9.17) is 38.8 Å². The third-order valence-electron chi connectivity index (χ3n) is 9.51. The van der Waals surface area contributed by atoms with Crippen molar-refractivity contribution in [2.24, 2.45) is 22.6 Å². The van der Waals surface area contributed by atoms with Gasteiger partial charge in [-0.3, -0.25) is 14.5 Å². The average Bonchev–Trinajstić information content (AvgIpc) is 3.41. The first-order valence-corrected chi connectivity index (χ1v) is 19.5. The van der Waals surface area contributed by atoms with Gasteiger partial charge in [-0.05, 0) is 53.4 Å². The monoisotopic (exact) mass is 795 g/mol. The van der Waals surface area contributed by atoms with Crippen molar-refractivity contribution in [1.82, 2.24) is 20.6 Å². The maximum absolute atomic E-state index is 12.6. The molecule has 0 aliphatic carbocycles. The number of amides is 4. The van der Waals surface area contributed by atoms with Gasteiger partial charge in [0.2, 0.25) is 11.8 Å². The number of ether oxygens (including phenoxy) is 5. The van der Waals surface area contributed by atoms with Crippen LogP contribution in [0.3, 0.4) is 0 Å². The fourth-order valence-electron chi connectivity index (χ4n) is 6.92. The summed E-state index contributed by atoms with van der Waals surface area (Å²) in [6.07, 6.45) is -2.93. The van der Waals surface area contributed by atoms with Crippen molar-refractivity contribution in [3.05, 3.63) is 0 Å². The van der Waals surface area contributed by atoms with Gasteiger partial charge in [0.05, 0.1) is 59.5 Å². The third kappa shape index (κ3) is 14.2. The molecule has 3 aliphatic heterocycles. The minimum Gasteiger partial charge on any atom is -0.394 e. The van der Waals surface area contributed by atoms with Crippen LogP contribution in [0.25, 0.3) is 0 Å². The first-order valence-electron chi connectivity index (χ1n) is 18.3. The van der Waals surface area contributed by atoms with Crippen LogP contribution in [-0.2, 0) is 42.4 Å². The molecule has 3 rings (SSSR count). The number of urea groups is 1. The lowest BCUT2D eigenvalue weighted by molar-refractivity contribution is -0.249. The molecule has 0 radical (unpaired) electrons. The van der Waals surface area contributed by atoms with Crippen molar-refractivity contribution in [2.75, 3.05) is 79.1 Å². The Morgan fingerprint density at radius 3 is 2.11 bits per heavy atom. The predicted molar refractivity (Wildman–Crippen MR) is 191 cm³/mol. The summed E-state index contributed by atoms with van der Waals surface area (Å²) in [6, 6.07) is -0.756. The van der Waals surface area contributed by atoms with Crippen molar-refractivity contribution in [1.29, 1.82) is 0 Å². The minimum atomic E-state index is -3.09. The zero-order valence-corrected chi connectivity index (χ0v) is 32.6. The fourth-order valence-corrected chi connectivity index (χ4v) is 7.39. The number of aliphatic hydroxyl groups is 2. The zero-order chi connectivity index (χ0) is 39.9. The number of hydrogen-bond acceptors (Lipinski definition) is 15. The summed E-state index contributed by atoms with van der Waals surface area (Å²) >= 11 is 0. The Labute approximate surface area is 316 Å². The van der Waals surface area contributed by atoms with Gasteiger partial charge in [0.15, 0.2) is 12.3 Å². The van der Waals surface area contributed by atoms with Gasteiger partial charge in [0, 0.05) is 53.5 Å². The van der Waals surface area contributed by atoms with Crippen molar-refractivity contribution < 1.29 is 67.5 Å². The summed E-state index contributed by atoms with van der Waals surface area (Å²) in [5.74, 6) is -0.686. The van der Waals surface area contributed by atoms with Crippen LogP contribution in [-0.4, -0.2) is 169 Å². The number of piperidine rings is 1. The van der Waals surface area contributed by atoms with Gasteiger partial charge in [0.25, 0.3) is 0 Å². The quantitative estimate of drug-likeness (QED) is 0.0485. The van der Waals surface area contributed by atoms with Gasteiger partial charge in [0.1, 0.15) is 18.0 Å². The highest BCUT2D eigenvalue weighted by atomic mass is 31.1. The molecule has 0 aromatic heterocycles. The van der Waals surface area contributed by atoms with E-state index in [1.165, 1.54) is 5.06 Å². The van der Waals surface area contributed by atoms with E-state index in [1.54, 1.807) is 0 Å². The Hall–Kier alpha value is -2.46. The van der Waals surface area contributed by atoms with E-state index in [9.17, 15) is 34.4 Å². The molecule has 3 unspecified atom stereocenters. The second-order valence-electron chi connectivity index (χ2n) is 14.7. The highest BCUT2D eigenvalue weighted by molar-refractivity contribution is 7.32. The summed E-state index contributed by atoms with van der Waals surface area (Å²) in [5.41, 5.74) is 5.01. The van der Waals surface area contributed by atoms with Gasteiger partial charge in [-0.2, -0.15) is 10.1 Å². The molecule has 0 saturated carbocycles. The third-order valence-corrected chi connectivity index (χ3v) is 9.93. The van der Waals surface area contributed by atoms with Crippen molar-refractivity contribution in [3.63, 3.8) is 0 Å². The lowest BCUT2D eigenvalue weighted by atomic mass is 9.75. The molecule has 6 atom stereocenters. The maximum atomic E-state index is 12.6. The van der Waals surface area contributed by atoms with Gasteiger partial charge in [-0.15, -0.1) is 9.42 Å². The number of nitrogens with zero attached hydrogens (tertiary/aromatic N) is 3. The van der Waals surface area contributed by atoms with Crippen LogP contribution in [0.5, 0.6) is 0 Å². The smallest absolute Gasteiger partial charge is 0.394 e. The molecule has 0 bridgehead atoms. The topological polar surface area (TPSA) is 274 Å². The molecule has 8 N–H and O–H groups in total. The van der Waals surface area contributed by atoms with E-state index in [0.717, 1.165) is 4.90 Å². The summed E-state index contributed by atoms with van der Waals surface area (Å²) in [4.78, 5) is 51.4. The van der Waals surface area contributed by atoms with Crippen molar-refractivity contribution in [2.45, 2.75) is 95.4 Å². The molecule has 20 nitrogen and oxygen atoms in total. The Bertz CT molecular complexity index is 1240. The minimum absolute atomic E-state index is 0.0275. The van der Waals surface area contributed by atoms with E-state index in [0.29, 0.717) is 85.0 Å². The van der Waals surface area contributed by atoms with E-state index >= 15 is 0 Å². The second-order valence-corrected chi connectivity index (χ2v) is 15.4. The second kappa shape index (κ2) is 22.3. The van der Waals surface area contributed by atoms with Crippen LogP contribution in [0.2, 0.25) is 0 Å². The van der Waals surface area contributed by atoms with E-state index in [1.807, 2.05) is 27.7 Å². The first-order chi connectivity index (χ1) is 25.6. The molecule has 54 heavy (non-hydrogen) atoms. The number of nitrogens with one attached hydrogen (secondary N) is 2. The van der Waals surface area contributed by atoms with Gasteiger partial charge >= 0.3 is 14.3 Å². The molecule has 3 heterocycles. The number of carbonyl (C=O) groups is 3. The van der Waals surface area contributed by atoms with E-state index in [-0.39, 0.29) is 43.1 Å². The predicted octanol–water partition coefficient (Wildman–Crippen LogP) is -0.364. The lowest BCUT2D eigenvalue weighted by Crippen LogP contribution is -2.60. The number of amidine groups is 1. The molecule has 310 valence electrons. The Balaban J connectivity index is 1.13. The number of rotatable bonds is 24. The zero-order valence-electron chi connectivity index (χ0n) is 31.7. The molecule has 21 heteroatoms. The molecule has 0 aromatic rings. The van der Waals surface area contributed by atoms with Crippen molar-refractivity contribution >= 4 is 31.9 Å². The molecule has 2 fully saturated rings. The number of hydroxylamine groups is 2. The molecule has 2 saturated heterocycles. The highest BCUT2D eigenvalue weighted by Crippen LogP contribution is 2.40. The van der Waals surface area contributed by atoms with Crippen LogP contribution < -0.4 is 16.4 Å². The maximum Gasteiger partial charge on any atom is 0.695 e. The number of hydrogen-bond donors (Lipinski definition) is 7. The van der Waals surface area contributed by atoms with Crippen LogP contribution >= 0.6 is 8.25 Å². The standard InChI is InChI=1S/C33H59N6O14P/c1-32(2)18-23(19-33(3,4)39(32)45)29(43)36-9-11-49-13-15-51-17-16-50-14-12-48-10-7-25(41)35-8-5-6-22-20-38(31(44)37-28(22)34)30-26(42)27(53-54(46)47)24(21-40)52-30/h22-24,26-27,30,40,42,45H,5-21H2,1-4H3,(H4-,34,35,36,37,41,43,44,46,47)/p+1/t22?,24-,26+,27?,30-/m1/s1. The number of carbonyl (C=O) groups excluding carboxylic acids is 3. The Kier molecular flexibility index (Phi) is 19.0. The number of aliphatic hydroxyl groups excluding tert-OH is 2. The van der Waals surface area contributed by atoms with Crippen LogP contribution in [0.1, 0.15) is 59.8 Å². The Morgan fingerprint density at radius 1 is 0.963 bits per heavy atom. The average molecular weight is 796 g/mol. The number of aliphatic imine (C=N–C) groups is 1. The first kappa shape index (κ1) is 45.9. The molecule has 3 aliphatic rings. The molecule has 0 spiro atoms. The van der Waals surface area contributed by atoms with E-state index in [2.05, 4.69) is 15.6 Å². The normalized spacial score (nSPS) is 26.1. The van der Waals surface area contributed by atoms with Gasteiger partial charge in [-0.1, -0.05) is 0 Å². The molecular formula is C33H60N6O14P+. The van der Waals surface area contributed by atoms with Crippen LogP contribution in [0.15, 0.2) is 4.99 Å². The van der Waals surface area contributed by atoms with Gasteiger partial charge in [-0.25, -0.2) is 4.79 Å². The SMILES string of the molecule is CC1(C)CC(C(=O)NCCOCCOCCOCCOCCC(=O)NCCCC2CN([C@@H]3O[C@H](CO)C(O[P+](=O)O)[C@@H]3O)C(=O)N=C2N)CC(C)(C)N1O. The number of nitrogens with two attached hydrogens (primary N) is 1.